The standard InChI is InChI=1S/C64H40N2O.C58H36N2S/c1-2-14-49-43(12-1)13-11-22-60(49)66-61-21-9-7-19-55(61)58-39-45(29-36-62(58)66)42-26-32-47(33-27-42)65(48-34-37-64-59(40-48)56-20-8-10-23-63(56)67-64)46-30-24-41(25-31-46)44-28-35-54-52-17-4-3-15-50(52)51-16-5-6-18-53(51)57(54)38-44;1-2-15-42-38(13-1)14-11-24-53(42)60-54-23-9-7-20-48(54)52-35-39(29-34-55(52)60)37-27-30-40(31-28-37)59(56-25-12-22-50-49-21-8-10-26-57(49)61-58(50)56)41-32-33-47-45-18-4-3-16-43(45)44-17-5-6-19-46(44)51(47)36-41/h1-40H;1-36H. The van der Waals surface area contributed by atoms with Gasteiger partial charge in [-0.1, -0.05) is 322 Å². The van der Waals surface area contributed by atoms with Crippen LogP contribution in [0.3, 0.4) is 0 Å². The predicted molar refractivity (Wildman–Crippen MR) is 547 cm³/mol. The maximum Gasteiger partial charge on any atom is 0.135 e. The summed E-state index contributed by atoms with van der Waals surface area (Å²) in [6.45, 7) is 0. The lowest BCUT2D eigenvalue weighted by molar-refractivity contribution is 0.669. The molecule has 596 valence electrons. The van der Waals surface area contributed by atoms with E-state index in [2.05, 4.69) is 468 Å². The third-order valence-corrected chi connectivity index (χ3v) is 27.9. The fraction of sp³-hybridized carbons (Fsp3) is 0. The summed E-state index contributed by atoms with van der Waals surface area (Å²) in [5, 5.41) is 30.1. The fourth-order valence-corrected chi connectivity index (χ4v) is 22.0. The van der Waals surface area contributed by atoms with Crippen molar-refractivity contribution in [2.45, 2.75) is 0 Å². The summed E-state index contributed by atoms with van der Waals surface area (Å²) < 4.78 is 13.7. The summed E-state index contributed by atoms with van der Waals surface area (Å²) in [5.74, 6) is 0. The van der Waals surface area contributed by atoms with E-state index < -0.39 is 0 Å². The summed E-state index contributed by atoms with van der Waals surface area (Å²) in [6, 6.07) is 169. The minimum atomic E-state index is 0.879. The zero-order valence-electron chi connectivity index (χ0n) is 69.5. The Morgan fingerprint density at radius 2 is 0.500 bits per heavy atom. The van der Waals surface area contributed by atoms with E-state index in [0.29, 0.717) is 0 Å². The first-order chi connectivity index (χ1) is 63.5. The first-order valence-electron chi connectivity index (χ1n) is 43.9. The largest absolute Gasteiger partial charge is 0.456 e. The van der Waals surface area contributed by atoms with Crippen LogP contribution in [-0.2, 0) is 0 Å². The van der Waals surface area contributed by atoms with Crippen molar-refractivity contribution in [1.29, 1.82) is 0 Å². The second kappa shape index (κ2) is 29.5. The van der Waals surface area contributed by atoms with Crippen LogP contribution in [0, 0.1) is 0 Å². The molecule has 0 atom stereocenters. The van der Waals surface area contributed by atoms with Gasteiger partial charge in [0.1, 0.15) is 11.2 Å². The highest BCUT2D eigenvalue weighted by molar-refractivity contribution is 7.26. The molecule has 0 fully saturated rings. The van der Waals surface area contributed by atoms with Crippen LogP contribution in [0.2, 0.25) is 0 Å². The van der Waals surface area contributed by atoms with Gasteiger partial charge in [-0.25, -0.2) is 0 Å². The van der Waals surface area contributed by atoms with Gasteiger partial charge in [0.2, 0.25) is 0 Å². The molecule has 27 aromatic rings. The molecule has 0 saturated carbocycles. The molecule has 4 aromatic heterocycles. The van der Waals surface area contributed by atoms with Gasteiger partial charge in [0.05, 0.1) is 43.8 Å². The third-order valence-electron chi connectivity index (χ3n) is 26.7. The number of benzene rings is 23. The number of anilines is 6. The van der Waals surface area contributed by atoms with Crippen LogP contribution in [0.25, 0.3) is 217 Å². The number of para-hydroxylation sites is 3. The van der Waals surface area contributed by atoms with Gasteiger partial charge in [-0.15, -0.1) is 11.3 Å². The van der Waals surface area contributed by atoms with Gasteiger partial charge in [0.25, 0.3) is 0 Å². The number of furan rings is 1. The van der Waals surface area contributed by atoms with Gasteiger partial charge >= 0.3 is 0 Å². The lowest BCUT2D eigenvalue weighted by atomic mass is 9.92. The third kappa shape index (κ3) is 11.8. The number of rotatable bonds is 11. The van der Waals surface area contributed by atoms with Crippen LogP contribution < -0.4 is 9.80 Å². The maximum atomic E-state index is 6.29. The SMILES string of the molecule is c1ccc2c(-n3c4ccccc4c4cc(-c5ccc(N(c6ccc(-c7ccc8c9ccccc9c9ccccc9c8c7)cc6)c6ccc7oc8ccccc8c7c6)cc5)ccc43)cccc2c1.c1ccc2c(-n3c4ccccc4c4cc(-c5ccc(N(c6ccc7c8ccccc8c8ccccc8c7c6)c6cccc7c6sc6ccccc67)cc5)ccc43)cccc2c1. The molecule has 0 saturated heterocycles. The fourth-order valence-electron chi connectivity index (χ4n) is 20.8. The van der Waals surface area contributed by atoms with Crippen molar-refractivity contribution in [2.24, 2.45) is 0 Å². The molecule has 0 radical (unpaired) electrons. The molecule has 23 aromatic carbocycles. The van der Waals surface area contributed by atoms with Crippen LogP contribution in [0.5, 0.6) is 0 Å². The van der Waals surface area contributed by atoms with Crippen molar-refractivity contribution in [1.82, 2.24) is 9.13 Å². The van der Waals surface area contributed by atoms with E-state index in [-0.39, 0.29) is 0 Å². The van der Waals surface area contributed by atoms with Crippen molar-refractivity contribution in [2.75, 3.05) is 9.80 Å². The van der Waals surface area contributed by atoms with Crippen molar-refractivity contribution in [3.8, 4) is 44.8 Å². The normalized spacial score (nSPS) is 11.9. The monoisotopic (exact) mass is 1640 g/mol. The number of hydrogen-bond acceptors (Lipinski definition) is 4. The van der Waals surface area contributed by atoms with E-state index in [9.17, 15) is 0 Å². The Labute approximate surface area is 741 Å². The van der Waals surface area contributed by atoms with Crippen LogP contribution in [-0.4, -0.2) is 9.13 Å². The van der Waals surface area contributed by atoms with Gasteiger partial charge in [0.15, 0.2) is 0 Å². The zero-order valence-corrected chi connectivity index (χ0v) is 70.3. The van der Waals surface area contributed by atoms with Crippen LogP contribution >= 0.6 is 11.3 Å². The smallest absolute Gasteiger partial charge is 0.135 e. The molecule has 128 heavy (non-hydrogen) atoms. The molecule has 0 amide bonds. The lowest BCUT2D eigenvalue weighted by Crippen LogP contribution is -2.10. The number of fused-ring (bicyclic) bond motifs is 26. The number of aromatic nitrogens is 2. The summed E-state index contributed by atoms with van der Waals surface area (Å²) in [5.41, 5.74) is 22.7. The van der Waals surface area contributed by atoms with Gasteiger partial charge in [-0.3, -0.25) is 0 Å². The van der Waals surface area contributed by atoms with Crippen LogP contribution in [0.1, 0.15) is 0 Å². The molecule has 6 heteroatoms. The van der Waals surface area contributed by atoms with Gasteiger partial charge in [0, 0.05) is 87.0 Å². The highest BCUT2D eigenvalue weighted by Gasteiger charge is 2.25. The van der Waals surface area contributed by atoms with Crippen molar-refractivity contribution in [3.05, 3.63) is 461 Å². The Kier molecular flexibility index (Phi) is 16.8. The second-order valence-corrected chi connectivity index (χ2v) is 34.7. The molecular weight excluding hydrogens is 1570 g/mol. The van der Waals surface area contributed by atoms with Crippen LogP contribution in [0.15, 0.2) is 465 Å². The molecule has 0 bridgehead atoms. The molecule has 5 nitrogen and oxygen atoms in total. The molecule has 0 N–H and O–H groups in total. The first kappa shape index (κ1) is 72.9. The number of nitrogens with zero attached hydrogens (tertiary/aromatic N) is 4. The van der Waals surface area contributed by atoms with E-state index in [1.807, 2.05) is 23.5 Å². The molecular formula is C122H76N4OS. The van der Waals surface area contributed by atoms with E-state index in [1.165, 1.54) is 195 Å². The molecule has 4 heterocycles. The predicted octanol–water partition coefficient (Wildman–Crippen LogP) is 35.0. The van der Waals surface area contributed by atoms with E-state index in [1.54, 1.807) is 0 Å². The maximum absolute atomic E-state index is 6.29. The number of hydrogen-bond donors (Lipinski definition) is 0. The highest BCUT2D eigenvalue weighted by Crippen LogP contribution is 2.50. The molecule has 0 aliphatic carbocycles. The average Bonchev–Trinajstić information content (AvgIpc) is 1.37. The van der Waals surface area contributed by atoms with Crippen molar-refractivity contribution in [3.63, 3.8) is 0 Å². The summed E-state index contributed by atoms with van der Waals surface area (Å²) in [7, 11) is 0. The van der Waals surface area contributed by atoms with Gasteiger partial charge < -0.3 is 23.4 Å². The number of thiophene rings is 1. The van der Waals surface area contributed by atoms with Crippen molar-refractivity contribution < 1.29 is 4.42 Å². The highest BCUT2D eigenvalue weighted by atomic mass is 32.1. The van der Waals surface area contributed by atoms with Gasteiger partial charge in [-0.2, -0.15) is 0 Å². The minimum Gasteiger partial charge on any atom is -0.456 e. The Hall–Kier alpha value is -16.6. The van der Waals surface area contributed by atoms with Crippen LogP contribution in [0.4, 0.5) is 34.1 Å². The Balaban J connectivity index is 0.000000136. The molecule has 0 aliphatic rings. The summed E-state index contributed by atoms with van der Waals surface area (Å²) in [6.07, 6.45) is 0. The lowest BCUT2D eigenvalue weighted by Gasteiger charge is -2.27. The molecule has 27 rings (SSSR count). The van der Waals surface area contributed by atoms with E-state index in [4.69, 9.17) is 4.42 Å². The van der Waals surface area contributed by atoms with Gasteiger partial charge in [-0.05, 0) is 248 Å². The Morgan fingerprint density at radius 3 is 1.02 bits per heavy atom. The average molecular weight is 1650 g/mol. The van der Waals surface area contributed by atoms with E-state index >= 15 is 0 Å². The summed E-state index contributed by atoms with van der Waals surface area (Å²) in [4.78, 5) is 4.82. The van der Waals surface area contributed by atoms with E-state index in [0.717, 1.165) is 55.9 Å². The van der Waals surface area contributed by atoms with Crippen molar-refractivity contribution >= 4 is 217 Å². The summed E-state index contributed by atoms with van der Waals surface area (Å²) >= 11 is 1.87. The minimum absolute atomic E-state index is 0.879. The zero-order chi connectivity index (χ0) is 84.0. The molecule has 0 aliphatic heterocycles. The Bertz CT molecular complexity index is 9150. The molecule has 0 unspecified atom stereocenters. The second-order valence-electron chi connectivity index (χ2n) is 33.7. The first-order valence-corrected chi connectivity index (χ1v) is 44.7. The quantitative estimate of drug-likeness (QED) is 0.121. The molecule has 0 spiro atoms. The topological polar surface area (TPSA) is 29.5 Å². The Morgan fingerprint density at radius 1 is 0.180 bits per heavy atom.